The summed E-state index contributed by atoms with van der Waals surface area (Å²) >= 11 is 0. The minimum Gasteiger partial charge on any atom is -0.366 e. The monoisotopic (exact) mass is 632 g/mol. The van der Waals surface area contributed by atoms with E-state index in [0.29, 0.717) is 41.4 Å². The number of carbonyl (C=O) groups is 1. The standard InChI is InChI=1S/C33H31F7N4O/c1-5-18-8-7-9-19(6-2)27(18)44-28(20-11-13-23(30(41)45)26(34)14-20)24-17-43(31(3,4)29(24)42-44)16-21-10-12-22(32(35,36)37)15-25(21)33(38,39)40/h7-15H,5-6,16-17H2,1-4H3,(H2,41,45). The number of para-hydroxylation sites is 1. The van der Waals surface area contributed by atoms with Gasteiger partial charge in [0.15, 0.2) is 0 Å². The molecule has 1 aromatic heterocycles. The van der Waals surface area contributed by atoms with Gasteiger partial charge < -0.3 is 5.73 Å². The predicted molar refractivity (Wildman–Crippen MR) is 155 cm³/mol. The first kappa shape index (κ1) is 32.2. The number of hydrogen-bond acceptors (Lipinski definition) is 3. The maximum Gasteiger partial charge on any atom is 0.416 e. The van der Waals surface area contributed by atoms with Crippen molar-refractivity contribution in [2.75, 3.05) is 0 Å². The van der Waals surface area contributed by atoms with E-state index in [2.05, 4.69) is 0 Å². The van der Waals surface area contributed by atoms with Gasteiger partial charge in [0, 0.05) is 24.2 Å². The molecule has 0 saturated carbocycles. The fraction of sp³-hybridized carbons (Fsp3) is 0.333. The number of amides is 1. The molecule has 5 nitrogen and oxygen atoms in total. The van der Waals surface area contributed by atoms with E-state index in [1.54, 1.807) is 29.5 Å². The summed E-state index contributed by atoms with van der Waals surface area (Å²) in [6.45, 7) is 7.29. The fourth-order valence-electron chi connectivity index (χ4n) is 6.05. The van der Waals surface area contributed by atoms with Crippen LogP contribution in [0.4, 0.5) is 30.7 Å². The Balaban J connectivity index is 1.69. The van der Waals surface area contributed by atoms with Gasteiger partial charge in [-0.2, -0.15) is 31.4 Å². The van der Waals surface area contributed by atoms with Crippen molar-refractivity contribution in [1.29, 1.82) is 0 Å². The van der Waals surface area contributed by atoms with Gasteiger partial charge in [0.25, 0.3) is 5.91 Å². The highest BCUT2D eigenvalue weighted by atomic mass is 19.4. The van der Waals surface area contributed by atoms with Crippen molar-refractivity contribution in [2.24, 2.45) is 5.73 Å². The molecule has 0 atom stereocenters. The summed E-state index contributed by atoms with van der Waals surface area (Å²) in [6, 6.07) is 11.5. The predicted octanol–water partition coefficient (Wildman–Crippen LogP) is 8.19. The van der Waals surface area contributed by atoms with Crippen LogP contribution in [-0.2, 0) is 43.8 Å². The summed E-state index contributed by atoms with van der Waals surface area (Å²) in [4.78, 5) is 13.5. The third kappa shape index (κ3) is 5.71. The van der Waals surface area contributed by atoms with E-state index >= 15 is 4.39 Å². The quantitative estimate of drug-likeness (QED) is 0.209. The number of carbonyl (C=O) groups excluding carboxylic acids is 1. The molecule has 0 bridgehead atoms. The molecule has 12 heteroatoms. The van der Waals surface area contributed by atoms with Crippen LogP contribution in [0.2, 0.25) is 0 Å². The van der Waals surface area contributed by atoms with E-state index in [-0.39, 0.29) is 30.3 Å². The summed E-state index contributed by atoms with van der Waals surface area (Å²) in [5, 5.41) is 4.99. The molecule has 1 aliphatic heterocycles. The molecule has 1 aliphatic rings. The number of fused-ring (bicyclic) bond motifs is 1. The highest BCUT2D eigenvalue weighted by Gasteiger charge is 2.45. The van der Waals surface area contributed by atoms with Gasteiger partial charge in [0.05, 0.1) is 39.3 Å². The molecule has 0 unspecified atom stereocenters. The van der Waals surface area contributed by atoms with Gasteiger partial charge >= 0.3 is 12.4 Å². The van der Waals surface area contributed by atoms with Crippen LogP contribution >= 0.6 is 0 Å². The van der Waals surface area contributed by atoms with Crippen molar-refractivity contribution in [3.05, 3.63) is 105 Å². The van der Waals surface area contributed by atoms with E-state index in [1.165, 1.54) is 12.1 Å². The van der Waals surface area contributed by atoms with Crippen LogP contribution in [0.25, 0.3) is 16.9 Å². The molecule has 0 fully saturated rings. The van der Waals surface area contributed by atoms with Gasteiger partial charge in [-0.05, 0) is 67.6 Å². The van der Waals surface area contributed by atoms with E-state index in [0.717, 1.165) is 22.9 Å². The molecular weight excluding hydrogens is 601 g/mol. The number of nitrogens with two attached hydrogens (primary N) is 1. The number of nitrogens with zero attached hydrogens (tertiary/aromatic N) is 3. The lowest BCUT2D eigenvalue weighted by Gasteiger charge is -2.33. The van der Waals surface area contributed by atoms with E-state index in [4.69, 9.17) is 10.8 Å². The largest absolute Gasteiger partial charge is 0.416 e. The van der Waals surface area contributed by atoms with Gasteiger partial charge in [-0.3, -0.25) is 9.69 Å². The highest BCUT2D eigenvalue weighted by Crippen LogP contribution is 2.46. The van der Waals surface area contributed by atoms with Crippen molar-refractivity contribution in [3.63, 3.8) is 0 Å². The summed E-state index contributed by atoms with van der Waals surface area (Å²) in [7, 11) is 0. The average Bonchev–Trinajstić information content (AvgIpc) is 3.44. The third-order valence-electron chi connectivity index (χ3n) is 8.49. The second-order valence-corrected chi connectivity index (χ2v) is 11.6. The van der Waals surface area contributed by atoms with Gasteiger partial charge in [0.2, 0.25) is 0 Å². The molecule has 238 valence electrons. The first-order chi connectivity index (χ1) is 21.0. The molecular formula is C33H31F7N4O. The minimum absolute atomic E-state index is 0.0743. The van der Waals surface area contributed by atoms with Crippen LogP contribution in [0.3, 0.4) is 0 Å². The summed E-state index contributed by atoms with van der Waals surface area (Å²) in [6.07, 6.45) is -8.64. The van der Waals surface area contributed by atoms with Crippen molar-refractivity contribution >= 4 is 5.91 Å². The number of primary amides is 1. The molecule has 2 N–H and O–H groups in total. The van der Waals surface area contributed by atoms with Crippen LogP contribution in [0.15, 0.2) is 54.6 Å². The lowest BCUT2D eigenvalue weighted by Crippen LogP contribution is -2.36. The molecule has 0 radical (unpaired) electrons. The smallest absolute Gasteiger partial charge is 0.366 e. The molecule has 3 aromatic carbocycles. The first-order valence-electron chi connectivity index (χ1n) is 14.3. The fourth-order valence-corrected chi connectivity index (χ4v) is 6.05. The molecule has 0 aliphatic carbocycles. The van der Waals surface area contributed by atoms with Crippen molar-refractivity contribution in [3.8, 4) is 16.9 Å². The molecule has 4 aromatic rings. The molecule has 5 rings (SSSR count). The van der Waals surface area contributed by atoms with Crippen molar-refractivity contribution in [1.82, 2.24) is 14.7 Å². The summed E-state index contributed by atoms with van der Waals surface area (Å²) in [5.74, 6) is -1.78. The second kappa shape index (κ2) is 11.3. The third-order valence-corrected chi connectivity index (χ3v) is 8.49. The Morgan fingerprint density at radius 2 is 1.56 bits per heavy atom. The number of alkyl halides is 6. The first-order valence-corrected chi connectivity index (χ1v) is 14.3. The number of benzene rings is 3. The van der Waals surface area contributed by atoms with Crippen LogP contribution < -0.4 is 5.73 Å². The summed E-state index contributed by atoms with van der Waals surface area (Å²) in [5.41, 5.74) is 5.77. The zero-order chi connectivity index (χ0) is 33.1. The van der Waals surface area contributed by atoms with Gasteiger partial charge in [0.1, 0.15) is 5.82 Å². The minimum atomic E-state index is -5.02. The molecule has 1 amide bonds. The number of hydrogen-bond donors (Lipinski definition) is 1. The van der Waals surface area contributed by atoms with Crippen LogP contribution in [0, 0.1) is 5.82 Å². The van der Waals surface area contributed by atoms with Gasteiger partial charge in [-0.15, -0.1) is 0 Å². The van der Waals surface area contributed by atoms with E-state index in [1.807, 2.05) is 32.0 Å². The Kier molecular flexibility index (Phi) is 8.10. The molecule has 45 heavy (non-hydrogen) atoms. The Bertz CT molecular complexity index is 1760. The van der Waals surface area contributed by atoms with Gasteiger partial charge in [-0.25, -0.2) is 9.07 Å². The lowest BCUT2D eigenvalue weighted by atomic mass is 9.97. The van der Waals surface area contributed by atoms with Crippen molar-refractivity contribution < 1.29 is 35.5 Å². The maximum atomic E-state index is 15.1. The average molecular weight is 633 g/mol. The Morgan fingerprint density at radius 1 is 0.911 bits per heavy atom. The number of rotatable bonds is 7. The zero-order valence-corrected chi connectivity index (χ0v) is 25.0. The topological polar surface area (TPSA) is 64.2 Å². The van der Waals surface area contributed by atoms with E-state index < -0.39 is 40.7 Å². The second-order valence-electron chi connectivity index (χ2n) is 11.6. The Hall–Kier alpha value is -4.19. The Morgan fingerprint density at radius 3 is 2.09 bits per heavy atom. The number of aromatic nitrogens is 2. The summed E-state index contributed by atoms with van der Waals surface area (Å²) < 4.78 is 98.8. The number of aryl methyl sites for hydroxylation is 2. The number of halogens is 7. The zero-order valence-electron chi connectivity index (χ0n) is 25.0. The molecule has 0 saturated heterocycles. The van der Waals surface area contributed by atoms with Gasteiger partial charge in [-0.1, -0.05) is 44.2 Å². The van der Waals surface area contributed by atoms with Crippen LogP contribution in [-0.4, -0.2) is 20.6 Å². The normalized spacial score (nSPS) is 15.0. The molecule has 0 spiro atoms. The van der Waals surface area contributed by atoms with Crippen LogP contribution in [0.5, 0.6) is 0 Å². The van der Waals surface area contributed by atoms with Crippen molar-refractivity contribution in [2.45, 2.75) is 71.5 Å². The highest BCUT2D eigenvalue weighted by molar-refractivity contribution is 5.93. The van der Waals surface area contributed by atoms with E-state index in [9.17, 15) is 31.1 Å². The van der Waals surface area contributed by atoms with Crippen LogP contribution in [0.1, 0.15) is 77.1 Å². The lowest BCUT2D eigenvalue weighted by molar-refractivity contribution is -0.143. The Labute approximate surface area is 255 Å². The molecule has 2 heterocycles. The SMILES string of the molecule is CCc1cccc(CC)c1-n1nc2c(c1-c1ccc(C(N)=O)c(F)c1)CN(Cc1ccc(C(F)(F)F)cc1C(F)(F)F)C2(C)C. The maximum absolute atomic E-state index is 15.1.